The first-order valence-corrected chi connectivity index (χ1v) is 7.51. The van der Waals surface area contributed by atoms with Gasteiger partial charge < -0.3 is 5.11 Å². The summed E-state index contributed by atoms with van der Waals surface area (Å²) in [5, 5.41) is 8.81. The summed E-state index contributed by atoms with van der Waals surface area (Å²) in [5.41, 5.74) is 3.60. The van der Waals surface area contributed by atoms with Gasteiger partial charge in [0.05, 0.1) is 0 Å². The summed E-state index contributed by atoms with van der Waals surface area (Å²) >= 11 is 3.42. The third-order valence-electron chi connectivity index (χ3n) is 2.95. The van der Waals surface area contributed by atoms with Gasteiger partial charge in [0.2, 0.25) is 0 Å². The largest absolute Gasteiger partial charge is 0.508 e. The van der Waals surface area contributed by atoms with Gasteiger partial charge in [0.1, 0.15) is 5.75 Å². The fourth-order valence-corrected chi connectivity index (χ4v) is 2.17. The van der Waals surface area contributed by atoms with Crippen LogP contribution >= 0.6 is 15.9 Å². The van der Waals surface area contributed by atoms with Crippen LogP contribution in [0.3, 0.4) is 0 Å². The number of rotatable bonds is 1. The van der Waals surface area contributed by atoms with E-state index in [2.05, 4.69) is 64.5 Å². The summed E-state index contributed by atoms with van der Waals surface area (Å²) in [7, 11) is 0. The molecular weight excluding hydrogens is 324 g/mol. The maximum absolute atomic E-state index is 8.81. The van der Waals surface area contributed by atoms with Crippen LogP contribution in [0.25, 0.3) is 11.1 Å². The summed E-state index contributed by atoms with van der Waals surface area (Å²) in [6, 6.07) is 25.9. The molecule has 0 bridgehead atoms. The molecule has 0 aliphatic heterocycles. The van der Waals surface area contributed by atoms with Crippen molar-refractivity contribution < 1.29 is 5.11 Å². The average molecular weight is 341 g/mol. The van der Waals surface area contributed by atoms with Crippen LogP contribution in [0, 0.1) is 6.92 Å². The van der Waals surface area contributed by atoms with Gasteiger partial charge in [-0.2, -0.15) is 0 Å². The van der Waals surface area contributed by atoms with Crippen molar-refractivity contribution in [1.29, 1.82) is 0 Å². The molecule has 0 aliphatic rings. The molecule has 106 valence electrons. The fourth-order valence-electron chi connectivity index (χ4n) is 1.90. The number of phenolic OH excluding ortho intramolecular Hbond substituents is 1. The van der Waals surface area contributed by atoms with Crippen molar-refractivity contribution in [3.63, 3.8) is 0 Å². The standard InChI is InChI=1S/C12H9Br.C7H8O/c13-12-8-6-11(7-9-12)10-4-2-1-3-5-10;1-6-3-2-4-7(8)5-6/h1-9H;2-5,8H,1H3. The van der Waals surface area contributed by atoms with Crippen LogP contribution < -0.4 is 0 Å². The van der Waals surface area contributed by atoms with Crippen LogP contribution in [0.1, 0.15) is 5.56 Å². The molecule has 0 amide bonds. The van der Waals surface area contributed by atoms with Crippen molar-refractivity contribution >= 4 is 15.9 Å². The maximum atomic E-state index is 8.81. The lowest BCUT2D eigenvalue weighted by atomic mass is 10.1. The first kappa shape index (κ1) is 15.3. The highest BCUT2D eigenvalue weighted by Crippen LogP contribution is 2.20. The highest BCUT2D eigenvalue weighted by Gasteiger charge is 1.94. The zero-order chi connectivity index (χ0) is 15.1. The minimum atomic E-state index is 0.338. The molecule has 1 N–H and O–H groups in total. The summed E-state index contributed by atoms with van der Waals surface area (Å²) in [4.78, 5) is 0. The average Bonchev–Trinajstić information content (AvgIpc) is 2.49. The number of hydrogen-bond donors (Lipinski definition) is 1. The third kappa shape index (κ3) is 5.09. The van der Waals surface area contributed by atoms with Crippen molar-refractivity contribution in [2.24, 2.45) is 0 Å². The summed E-state index contributed by atoms with van der Waals surface area (Å²) < 4.78 is 1.12. The van der Waals surface area contributed by atoms with Gasteiger partial charge in [0.15, 0.2) is 0 Å². The van der Waals surface area contributed by atoms with Gasteiger partial charge in [0.25, 0.3) is 0 Å². The van der Waals surface area contributed by atoms with Gasteiger partial charge in [0, 0.05) is 4.47 Å². The van der Waals surface area contributed by atoms with Gasteiger partial charge in [-0.1, -0.05) is 70.5 Å². The van der Waals surface area contributed by atoms with Crippen LogP contribution in [0.5, 0.6) is 5.75 Å². The lowest BCUT2D eigenvalue weighted by Crippen LogP contribution is -1.75. The molecule has 0 saturated carbocycles. The Morgan fingerprint density at radius 2 is 1.33 bits per heavy atom. The zero-order valence-corrected chi connectivity index (χ0v) is 13.4. The van der Waals surface area contributed by atoms with Gasteiger partial charge in [-0.15, -0.1) is 0 Å². The smallest absolute Gasteiger partial charge is 0.115 e. The molecule has 0 saturated heterocycles. The number of aryl methyl sites for hydroxylation is 1. The van der Waals surface area contributed by atoms with E-state index in [1.807, 2.05) is 25.1 Å². The van der Waals surface area contributed by atoms with E-state index < -0.39 is 0 Å². The van der Waals surface area contributed by atoms with Crippen molar-refractivity contribution in [1.82, 2.24) is 0 Å². The molecule has 3 aromatic carbocycles. The SMILES string of the molecule is Brc1ccc(-c2ccccc2)cc1.Cc1cccc(O)c1. The fraction of sp³-hybridized carbons (Fsp3) is 0.0526. The Morgan fingerprint density at radius 3 is 1.86 bits per heavy atom. The second kappa shape index (κ2) is 7.65. The Balaban J connectivity index is 0.000000173. The number of halogens is 1. The van der Waals surface area contributed by atoms with E-state index >= 15 is 0 Å². The molecule has 0 aromatic heterocycles. The third-order valence-corrected chi connectivity index (χ3v) is 3.48. The predicted molar refractivity (Wildman–Crippen MR) is 92.4 cm³/mol. The van der Waals surface area contributed by atoms with Crippen molar-refractivity contribution in [2.45, 2.75) is 6.92 Å². The van der Waals surface area contributed by atoms with Crippen LogP contribution in [0.2, 0.25) is 0 Å². The highest BCUT2D eigenvalue weighted by atomic mass is 79.9. The number of benzene rings is 3. The quantitative estimate of drug-likeness (QED) is 0.592. The van der Waals surface area contributed by atoms with Crippen molar-refractivity contribution in [2.75, 3.05) is 0 Å². The molecule has 0 aliphatic carbocycles. The summed E-state index contributed by atoms with van der Waals surface area (Å²) in [6.45, 7) is 1.94. The Labute approximate surface area is 134 Å². The van der Waals surface area contributed by atoms with E-state index in [1.54, 1.807) is 12.1 Å². The molecule has 3 aromatic rings. The number of hydrogen-bond acceptors (Lipinski definition) is 1. The van der Waals surface area contributed by atoms with E-state index in [4.69, 9.17) is 5.11 Å². The zero-order valence-electron chi connectivity index (χ0n) is 11.8. The second-order valence-electron chi connectivity index (χ2n) is 4.71. The van der Waals surface area contributed by atoms with E-state index in [0.717, 1.165) is 10.0 Å². The van der Waals surface area contributed by atoms with Gasteiger partial charge >= 0.3 is 0 Å². The molecule has 21 heavy (non-hydrogen) atoms. The molecule has 2 heteroatoms. The van der Waals surface area contributed by atoms with Gasteiger partial charge in [-0.3, -0.25) is 0 Å². The van der Waals surface area contributed by atoms with Gasteiger partial charge in [-0.05, 0) is 47.9 Å². The first-order valence-electron chi connectivity index (χ1n) is 6.72. The molecule has 0 atom stereocenters. The summed E-state index contributed by atoms with van der Waals surface area (Å²) in [6.07, 6.45) is 0. The van der Waals surface area contributed by atoms with Crippen LogP contribution in [0.15, 0.2) is 83.3 Å². The van der Waals surface area contributed by atoms with Gasteiger partial charge in [-0.25, -0.2) is 0 Å². The monoisotopic (exact) mass is 340 g/mol. The Bertz CT molecular complexity index is 658. The number of phenols is 1. The molecule has 3 rings (SSSR count). The van der Waals surface area contributed by atoms with E-state index in [-0.39, 0.29) is 0 Å². The van der Waals surface area contributed by atoms with E-state index in [1.165, 1.54) is 11.1 Å². The topological polar surface area (TPSA) is 20.2 Å². The summed E-state index contributed by atoms with van der Waals surface area (Å²) in [5.74, 6) is 0.338. The predicted octanol–water partition coefficient (Wildman–Crippen LogP) is 5.82. The van der Waals surface area contributed by atoms with E-state index in [0.29, 0.717) is 5.75 Å². The van der Waals surface area contributed by atoms with Crippen LogP contribution in [0.4, 0.5) is 0 Å². The minimum Gasteiger partial charge on any atom is -0.508 e. The van der Waals surface area contributed by atoms with Crippen molar-refractivity contribution in [3.05, 3.63) is 88.9 Å². The second-order valence-corrected chi connectivity index (χ2v) is 5.63. The maximum Gasteiger partial charge on any atom is 0.115 e. The molecular formula is C19H17BrO. The lowest BCUT2D eigenvalue weighted by molar-refractivity contribution is 0.475. The van der Waals surface area contributed by atoms with Crippen molar-refractivity contribution in [3.8, 4) is 16.9 Å². The molecule has 0 radical (unpaired) electrons. The first-order chi connectivity index (χ1) is 10.1. The lowest BCUT2D eigenvalue weighted by Gasteiger charge is -2.00. The minimum absolute atomic E-state index is 0.338. The Hall–Kier alpha value is -2.06. The molecule has 0 spiro atoms. The molecule has 1 nitrogen and oxygen atoms in total. The number of aromatic hydroxyl groups is 1. The molecule has 0 unspecified atom stereocenters. The van der Waals surface area contributed by atoms with E-state index in [9.17, 15) is 0 Å². The Kier molecular flexibility index (Phi) is 5.59. The van der Waals surface area contributed by atoms with Crippen LogP contribution in [-0.2, 0) is 0 Å². The molecule has 0 fully saturated rings. The Morgan fingerprint density at radius 1 is 0.714 bits per heavy atom. The normalized spacial score (nSPS) is 9.62. The molecule has 0 heterocycles. The van der Waals surface area contributed by atoms with Crippen LogP contribution in [-0.4, -0.2) is 5.11 Å². The highest BCUT2D eigenvalue weighted by molar-refractivity contribution is 9.10.